The first-order valence-corrected chi connectivity index (χ1v) is 4.23. The first kappa shape index (κ1) is 10.9. The SMILES string of the molecule is COc1ccc(OC(=O)NCC#N)cc1. The van der Waals surface area contributed by atoms with Gasteiger partial charge in [-0.05, 0) is 24.3 Å². The molecule has 0 aliphatic rings. The lowest BCUT2D eigenvalue weighted by Crippen LogP contribution is -2.26. The van der Waals surface area contributed by atoms with Crippen molar-refractivity contribution in [2.45, 2.75) is 0 Å². The number of nitrogens with zero attached hydrogens (tertiary/aromatic N) is 1. The number of hydrogen-bond acceptors (Lipinski definition) is 4. The van der Waals surface area contributed by atoms with Crippen molar-refractivity contribution in [3.05, 3.63) is 24.3 Å². The summed E-state index contributed by atoms with van der Waals surface area (Å²) in [4.78, 5) is 11.0. The van der Waals surface area contributed by atoms with E-state index in [1.54, 1.807) is 37.4 Å². The molecule has 5 nitrogen and oxygen atoms in total. The Balaban J connectivity index is 2.50. The Morgan fingerprint density at radius 3 is 2.53 bits per heavy atom. The summed E-state index contributed by atoms with van der Waals surface area (Å²) in [6, 6.07) is 8.32. The average molecular weight is 206 g/mol. The molecule has 0 saturated heterocycles. The number of carbonyl (C=O) groups is 1. The van der Waals surface area contributed by atoms with Gasteiger partial charge in [-0.2, -0.15) is 5.26 Å². The molecule has 1 amide bonds. The van der Waals surface area contributed by atoms with Crippen LogP contribution in [0, 0.1) is 11.3 Å². The number of carbonyl (C=O) groups excluding carboxylic acids is 1. The normalized spacial score (nSPS) is 8.80. The fourth-order valence-electron chi connectivity index (χ4n) is 0.899. The summed E-state index contributed by atoms with van der Waals surface area (Å²) in [5.74, 6) is 1.08. The number of amides is 1. The highest BCUT2D eigenvalue weighted by atomic mass is 16.6. The van der Waals surface area contributed by atoms with Crippen LogP contribution in [0.4, 0.5) is 4.79 Å². The van der Waals surface area contributed by atoms with Crippen LogP contribution in [-0.4, -0.2) is 19.7 Å². The number of nitrogens with one attached hydrogen (secondary N) is 1. The molecule has 1 rings (SSSR count). The van der Waals surface area contributed by atoms with E-state index < -0.39 is 6.09 Å². The molecule has 0 saturated carbocycles. The summed E-state index contributed by atoms with van der Waals surface area (Å²) < 4.78 is 9.80. The van der Waals surface area contributed by atoms with Crippen LogP contribution in [0.25, 0.3) is 0 Å². The molecular weight excluding hydrogens is 196 g/mol. The molecule has 5 heteroatoms. The van der Waals surface area contributed by atoms with Crippen LogP contribution in [0.5, 0.6) is 11.5 Å². The zero-order chi connectivity index (χ0) is 11.1. The fourth-order valence-corrected chi connectivity index (χ4v) is 0.899. The summed E-state index contributed by atoms with van der Waals surface area (Å²) in [5.41, 5.74) is 0. The molecule has 0 bridgehead atoms. The molecule has 0 unspecified atom stereocenters. The molecule has 78 valence electrons. The quantitative estimate of drug-likeness (QED) is 0.757. The van der Waals surface area contributed by atoms with Crippen molar-refractivity contribution in [2.75, 3.05) is 13.7 Å². The van der Waals surface area contributed by atoms with Crippen molar-refractivity contribution >= 4 is 6.09 Å². The summed E-state index contributed by atoms with van der Waals surface area (Å²) in [5, 5.41) is 10.5. The van der Waals surface area contributed by atoms with E-state index in [0.29, 0.717) is 11.5 Å². The van der Waals surface area contributed by atoms with Gasteiger partial charge in [0.1, 0.15) is 18.0 Å². The van der Waals surface area contributed by atoms with E-state index in [0.717, 1.165) is 0 Å². The largest absolute Gasteiger partial charge is 0.497 e. The van der Waals surface area contributed by atoms with E-state index in [1.165, 1.54) is 0 Å². The van der Waals surface area contributed by atoms with E-state index in [9.17, 15) is 4.79 Å². The van der Waals surface area contributed by atoms with Gasteiger partial charge in [-0.15, -0.1) is 0 Å². The second-order valence-corrected chi connectivity index (χ2v) is 2.58. The van der Waals surface area contributed by atoms with Gasteiger partial charge in [0, 0.05) is 0 Å². The standard InChI is InChI=1S/C10H10N2O3/c1-14-8-2-4-9(5-3-8)15-10(13)12-7-6-11/h2-5H,7H2,1H3,(H,12,13). The minimum atomic E-state index is -0.651. The summed E-state index contributed by atoms with van der Waals surface area (Å²) in [6.45, 7) is -0.0744. The number of nitriles is 1. The third-order valence-corrected chi connectivity index (χ3v) is 1.58. The van der Waals surface area contributed by atoms with Crippen molar-refractivity contribution < 1.29 is 14.3 Å². The van der Waals surface area contributed by atoms with E-state index >= 15 is 0 Å². The molecule has 0 spiro atoms. The average Bonchev–Trinajstić information content (AvgIpc) is 2.27. The summed E-state index contributed by atoms with van der Waals surface area (Å²) in [7, 11) is 1.55. The van der Waals surface area contributed by atoms with E-state index in [2.05, 4.69) is 5.32 Å². The van der Waals surface area contributed by atoms with Crippen LogP contribution >= 0.6 is 0 Å². The lowest BCUT2D eigenvalue weighted by atomic mass is 10.3. The van der Waals surface area contributed by atoms with Crippen molar-refractivity contribution in [3.8, 4) is 17.6 Å². The maximum Gasteiger partial charge on any atom is 0.413 e. The van der Waals surface area contributed by atoms with Gasteiger partial charge in [0.25, 0.3) is 0 Å². The third-order valence-electron chi connectivity index (χ3n) is 1.58. The minimum absolute atomic E-state index is 0.0744. The number of rotatable bonds is 3. The van der Waals surface area contributed by atoms with Crippen LogP contribution < -0.4 is 14.8 Å². The summed E-state index contributed by atoms with van der Waals surface area (Å²) in [6.07, 6.45) is -0.651. The van der Waals surface area contributed by atoms with Crippen molar-refractivity contribution in [1.82, 2.24) is 5.32 Å². The first-order chi connectivity index (χ1) is 7.26. The molecule has 0 heterocycles. The van der Waals surface area contributed by atoms with Crippen LogP contribution in [0.15, 0.2) is 24.3 Å². The topological polar surface area (TPSA) is 71.3 Å². The highest BCUT2D eigenvalue weighted by molar-refractivity contribution is 5.70. The molecule has 0 radical (unpaired) electrons. The van der Waals surface area contributed by atoms with Crippen LogP contribution in [0.1, 0.15) is 0 Å². The third kappa shape index (κ3) is 3.56. The lowest BCUT2D eigenvalue weighted by Gasteiger charge is -2.04. The molecule has 1 aromatic rings. The molecule has 15 heavy (non-hydrogen) atoms. The van der Waals surface area contributed by atoms with Crippen molar-refractivity contribution in [1.29, 1.82) is 5.26 Å². The van der Waals surface area contributed by atoms with E-state index in [4.69, 9.17) is 14.7 Å². The number of methoxy groups -OCH3 is 1. The molecule has 0 atom stereocenters. The maximum atomic E-state index is 11.0. The van der Waals surface area contributed by atoms with Crippen LogP contribution in [0.3, 0.4) is 0 Å². The zero-order valence-corrected chi connectivity index (χ0v) is 8.19. The van der Waals surface area contributed by atoms with Gasteiger partial charge in [-0.1, -0.05) is 0 Å². The monoisotopic (exact) mass is 206 g/mol. The second kappa shape index (κ2) is 5.50. The van der Waals surface area contributed by atoms with Gasteiger partial charge in [-0.25, -0.2) is 4.79 Å². The van der Waals surface area contributed by atoms with Gasteiger partial charge in [-0.3, -0.25) is 0 Å². The molecule has 0 aliphatic carbocycles. The second-order valence-electron chi connectivity index (χ2n) is 2.58. The van der Waals surface area contributed by atoms with Gasteiger partial charge in [0.2, 0.25) is 0 Å². The Morgan fingerprint density at radius 2 is 2.00 bits per heavy atom. The Bertz CT molecular complexity index is 367. The maximum absolute atomic E-state index is 11.0. The first-order valence-electron chi connectivity index (χ1n) is 4.23. The fraction of sp³-hybridized carbons (Fsp3) is 0.200. The molecule has 0 fully saturated rings. The predicted molar refractivity (Wildman–Crippen MR) is 52.6 cm³/mol. The molecule has 1 aromatic carbocycles. The molecular formula is C10H10N2O3. The predicted octanol–water partition coefficient (Wildman–Crippen LogP) is 1.31. The van der Waals surface area contributed by atoms with Crippen LogP contribution in [0.2, 0.25) is 0 Å². The molecule has 1 N–H and O–H groups in total. The number of ether oxygens (including phenoxy) is 2. The highest BCUT2D eigenvalue weighted by Crippen LogP contribution is 2.16. The lowest BCUT2D eigenvalue weighted by molar-refractivity contribution is 0.202. The Morgan fingerprint density at radius 1 is 1.40 bits per heavy atom. The Labute approximate surface area is 87.2 Å². The van der Waals surface area contributed by atoms with Gasteiger partial charge < -0.3 is 14.8 Å². The molecule has 0 aromatic heterocycles. The van der Waals surface area contributed by atoms with Crippen LogP contribution in [-0.2, 0) is 0 Å². The van der Waals surface area contributed by atoms with Gasteiger partial charge in [0.05, 0.1) is 13.2 Å². The highest BCUT2D eigenvalue weighted by Gasteiger charge is 2.02. The van der Waals surface area contributed by atoms with E-state index in [-0.39, 0.29) is 6.54 Å². The molecule has 0 aliphatic heterocycles. The van der Waals surface area contributed by atoms with Crippen molar-refractivity contribution in [3.63, 3.8) is 0 Å². The van der Waals surface area contributed by atoms with Gasteiger partial charge >= 0.3 is 6.09 Å². The zero-order valence-electron chi connectivity index (χ0n) is 8.19. The number of benzene rings is 1. The number of hydrogen-bond donors (Lipinski definition) is 1. The Hall–Kier alpha value is -2.22. The van der Waals surface area contributed by atoms with Crippen molar-refractivity contribution in [2.24, 2.45) is 0 Å². The van der Waals surface area contributed by atoms with Gasteiger partial charge in [0.15, 0.2) is 0 Å². The minimum Gasteiger partial charge on any atom is -0.497 e. The smallest absolute Gasteiger partial charge is 0.413 e. The van der Waals surface area contributed by atoms with E-state index in [1.807, 2.05) is 0 Å². The Kier molecular flexibility index (Phi) is 3.98. The summed E-state index contributed by atoms with van der Waals surface area (Å²) >= 11 is 0.